The van der Waals surface area contributed by atoms with Crippen LogP contribution in [0.1, 0.15) is 19.9 Å². The molecule has 4 nitrogen and oxygen atoms in total. The van der Waals surface area contributed by atoms with Crippen molar-refractivity contribution in [2.75, 3.05) is 5.32 Å². The summed E-state index contributed by atoms with van der Waals surface area (Å²) in [6.07, 6.45) is 5.74. The monoisotopic (exact) mass is 281 g/mol. The second-order valence-electron chi connectivity index (χ2n) is 5.55. The van der Waals surface area contributed by atoms with E-state index in [-0.39, 0.29) is 17.9 Å². The van der Waals surface area contributed by atoms with E-state index in [1.54, 1.807) is 0 Å². The molecule has 1 atom stereocenters. The fourth-order valence-corrected chi connectivity index (χ4v) is 2.72. The summed E-state index contributed by atoms with van der Waals surface area (Å²) < 4.78 is 1.96. The molecular weight excluding hydrogens is 262 g/mol. The summed E-state index contributed by atoms with van der Waals surface area (Å²) in [6, 6.07) is 11.5. The highest BCUT2D eigenvalue weighted by Crippen LogP contribution is 2.25. The van der Waals surface area contributed by atoms with Crippen molar-refractivity contribution in [3.63, 3.8) is 0 Å². The Morgan fingerprint density at radius 1 is 1.14 bits per heavy atom. The highest BCUT2D eigenvalue weighted by Gasteiger charge is 2.23. The first-order chi connectivity index (χ1) is 10.2. The molecule has 0 aliphatic carbocycles. The van der Waals surface area contributed by atoms with E-state index >= 15 is 0 Å². The number of nitrogens with zero attached hydrogens (tertiary/aromatic N) is 1. The van der Waals surface area contributed by atoms with E-state index in [1.165, 1.54) is 0 Å². The van der Waals surface area contributed by atoms with E-state index < -0.39 is 0 Å². The summed E-state index contributed by atoms with van der Waals surface area (Å²) in [7, 11) is 0. The van der Waals surface area contributed by atoms with Gasteiger partial charge in [0.1, 0.15) is 6.04 Å². The molecule has 0 radical (unpaired) electrons. The molecule has 1 unspecified atom stereocenters. The molecule has 0 bridgehead atoms. The topological polar surface area (TPSA) is 49.8 Å². The lowest BCUT2D eigenvalue weighted by Crippen LogP contribution is -2.29. The third-order valence-electron chi connectivity index (χ3n) is 3.70. The Balaban J connectivity index is 1.89. The number of carbonyl (C=O) groups excluding carboxylic acids is 1. The molecule has 3 rings (SSSR count). The van der Waals surface area contributed by atoms with Gasteiger partial charge in [-0.25, -0.2) is 0 Å². The van der Waals surface area contributed by atoms with Gasteiger partial charge in [0.25, 0.3) is 0 Å². The van der Waals surface area contributed by atoms with Crippen molar-refractivity contribution in [3.8, 4) is 0 Å². The van der Waals surface area contributed by atoms with Gasteiger partial charge in [-0.1, -0.05) is 19.9 Å². The van der Waals surface area contributed by atoms with Gasteiger partial charge in [-0.15, -0.1) is 0 Å². The van der Waals surface area contributed by atoms with Gasteiger partial charge in [0, 0.05) is 29.5 Å². The number of rotatable bonds is 4. The number of nitrogens with one attached hydrogen (secondary N) is 2. The van der Waals surface area contributed by atoms with Crippen molar-refractivity contribution < 1.29 is 4.79 Å². The van der Waals surface area contributed by atoms with Crippen molar-refractivity contribution in [2.45, 2.75) is 19.9 Å². The summed E-state index contributed by atoms with van der Waals surface area (Å²) in [5.74, 6) is 0.220. The highest BCUT2D eigenvalue weighted by molar-refractivity contribution is 6.02. The Kier molecular flexibility index (Phi) is 3.52. The summed E-state index contributed by atoms with van der Waals surface area (Å²) >= 11 is 0. The number of carbonyl (C=O) groups is 1. The van der Waals surface area contributed by atoms with Gasteiger partial charge in [0.05, 0.1) is 5.69 Å². The van der Waals surface area contributed by atoms with Gasteiger partial charge in [0.15, 0.2) is 0 Å². The number of hydrogen-bond donors (Lipinski definition) is 2. The van der Waals surface area contributed by atoms with Crippen molar-refractivity contribution >= 4 is 22.5 Å². The van der Waals surface area contributed by atoms with Crippen LogP contribution in [0, 0.1) is 5.92 Å². The molecule has 2 aromatic heterocycles. The van der Waals surface area contributed by atoms with Crippen molar-refractivity contribution in [3.05, 3.63) is 55.0 Å². The zero-order valence-corrected chi connectivity index (χ0v) is 12.2. The quantitative estimate of drug-likeness (QED) is 0.750. The molecule has 1 aromatic carbocycles. The maximum absolute atomic E-state index is 12.7. The molecule has 1 amide bonds. The minimum atomic E-state index is -0.214. The largest absolute Gasteiger partial charge is 0.361 e. The number of amides is 1. The summed E-state index contributed by atoms with van der Waals surface area (Å²) in [6.45, 7) is 4.11. The fraction of sp³-hybridized carbons (Fsp3) is 0.235. The third-order valence-corrected chi connectivity index (χ3v) is 3.70. The van der Waals surface area contributed by atoms with E-state index in [0.29, 0.717) is 0 Å². The lowest BCUT2D eigenvalue weighted by molar-refractivity contribution is -0.120. The second kappa shape index (κ2) is 5.48. The number of hydrogen-bond acceptors (Lipinski definition) is 1. The van der Waals surface area contributed by atoms with Gasteiger partial charge in [0.2, 0.25) is 5.91 Å². The van der Waals surface area contributed by atoms with Crippen LogP contribution in [0.5, 0.6) is 0 Å². The molecule has 0 fully saturated rings. The number of aromatic nitrogens is 2. The first kappa shape index (κ1) is 13.5. The molecule has 108 valence electrons. The fourth-order valence-electron chi connectivity index (χ4n) is 2.72. The molecule has 0 aliphatic rings. The predicted molar refractivity (Wildman–Crippen MR) is 85.2 cm³/mol. The lowest BCUT2D eigenvalue weighted by atomic mass is 10.0. The molecule has 4 heteroatoms. The number of H-pyrrole nitrogens is 1. The van der Waals surface area contributed by atoms with Gasteiger partial charge in [-0.05, 0) is 36.2 Å². The van der Waals surface area contributed by atoms with Crippen molar-refractivity contribution in [2.24, 2.45) is 5.92 Å². The third kappa shape index (κ3) is 2.57. The molecule has 0 spiro atoms. The summed E-state index contributed by atoms with van der Waals surface area (Å²) in [5, 5.41) is 4.09. The van der Waals surface area contributed by atoms with Crippen LogP contribution in [-0.2, 0) is 4.79 Å². The van der Waals surface area contributed by atoms with Crippen LogP contribution in [0.2, 0.25) is 0 Å². The van der Waals surface area contributed by atoms with Crippen LogP contribution in [0.15, 0.2) is 55.0 Å². The molecule has 0 aliphatic heterocycles. The van der Waals surface area contributed by atoms with Gasteiger partial charge in [-0.3, -0.25) is 4.79 Å². The minimum Gasteiger partial charge on any atom is -0.361 e. The van der Waals surface area contributed by atoms with E-state index in [4.69, 9.17) is 0 Å². The van der Waals surface area contributed by atoms with Crippen LogP contribution < -0.4 is 5.32 Å². The first-order valence-corrected chi connectivity index (χ1v) is 7.16. The minimum absolute atomic E-state index is 0.00917. The average molecular weight is 281 g/mol. The van der Waals surface area contributed by atoms with Crippen LogP contribution in [0.25, 0.3) is 10.9 Å². The molecule has 0 saturated heterocycles. The Hall–Kier alpha value is -2.49. The molecule has 21 heavy (non-hydrogen) atoms. The zero-order valence-electron chi connectivity index (χ0n) is 12.2. The SMILES string of the molecule is CC(C)C(C(=O)Nc1cccc2[nH]ccc12)n1cccc1. The predicted octanol–water partition coefficient (Wildman–Crippen LogP) is 3.81. The Morgan fingerprint density at radius 2 is 1.90 bits per heavy atom. The normalized spacial score (nSPS) is 12.7. The number of fused-ring (bicyclic) bond motifs is 1. The van der Waals surface area contributed by atoms with Gasteiger partial charge in [-0.2, -0.15) is 0 Å². The number of benzene rings is 1. The van der Waals surface area contributed by atoms with E-state index in [1.807, 2.05) is 59.6 Å². The Morgan fingerprint density at radius 3 is 2.62 bits per heavy atom. The van der Waals surface area contributed by atoms with Crippen molar-refractivity contribution in [1.82, 2.24) is 9.55 Å². The Bertz CT molecular complexity index is 740. The second-order valence-corrected chi connectivity index (χ2v) is 5.55. The van der Waals surface area contributed by atoms with E-state index in [9.17, 15) is 4.79 Å². The first-order valence-electron chi connectivity index (χ1n) is 7.16. The van der Waals surface area contributed by atoms with Crippen LogP contribution in [-0.4, -0.2) is 15.5 Å². The van der Waals surface area contributed by atoms with Crippen LogP contribution in [0.3, 0.4) is 0 Å². The van der Waals surface area contributed by atoms with E-state index in [0.717, 1.165) is 16.6 Å². The van der Waals surface area contributed by atoms with E-state index in [2.05, 4.69) is 24.1 Å². The maximum Gasteiger partial charge on any atom is 0.247 e. The smallest absolute Gasteiger partial charge is 0.247 e. The molecule has 2 N–H and O–H groups in total. The molecular formula is C17H19N3O. The highest BCUT2D eigenvalue weighted by atomic mass is 16.2. The number of aromatic amines is 1. The molecule has 3 aromatic rings. The summed E-state index contributed by atoms with van der Waals surface area (Å²) in [5.41, 5.74) is 1.87. The molecule has 2 heterocycles. The average Bonchev–Trinajstić information content (AvgIpc) is 3.09. The van der Waals surface area contributed by atoms with Gasteiger partial charge >= 0.3 is 0 Å². The van der Waals surface area contributed by atoms with Crippen LogP contribution >= 0.6 is 0 Å². The molecule has 0 saturated carbocycles. The summed E-state index contributed by atoms with van der Waals surface area (Å²) in [4.78, 5) is 15.8. The van der Waals surface area contributed by atoms with Crippen LogP contribution in [0.4, 0.5) is 5.69 Å². The standard InChI is InChI=1S/C17H19N3O/c1-12(2)16(20-10-3-4-11-20)17(21)19-15-7-5-6-14-13(15)8-9-18-14/h3-12,16,18H,1-2H3,(H,19,21). The Labute approximate surface area is 123 Å². The maximum atomic E-state index is 12.7. The zero-order chi connectivity index (χ0) is 14.8. The lowest BCUT2D eigenvalue weighted by Gasteiger charge is -2.22. The number of anilines is 1. The van der Waals surface area contributed by atoms with Crippen molar-refractivity contribution in [1.29, 1.82) is 0 Å². The van der Waals surface area contributed by atoms with Gasteiger partial charge < -0.3 is 14.9 Å².